The van der Waals surface area contributed by atoms with E-state index < -0.39 is 5.60 Å². The molecule has 0 aromatic heterocycles. The van der Waals surface area contributed by atoms with Crippen LogP contribution in [0.25, 0.3) is 0 Å². The maximum absolute atomic E-state index is 10.4. The summed E-state index contributed by atoms with van der Waals surface area (Å²) >= 11 is 0. The molecule has 1 unspecified atom stereocenters. The van der Waals surface area contributed by atoms with Gasteiger partial charge in [-0.1, -0.05) is 44.2 Å². The average Bonchev–Trinajstić information content (AvgIpc) is 2.26. The summed E-state index contributed by atoms with van der Waals surface area (Å²) in [4.78, 5) is 2.25. The molecule has 0 bridgehead atoms. The summed E-state index contributed by atoms with van der Waals surface area (Å²) in [7, 11) is 0. The van der Waals surface area contributed by atoms with Gasteiger partial charge >= 0.3 is 0 Å². The molecule has 0 amide bonds. The molecule has 0 saturated heterocycles. The zero-order valence-electron chi connectivity index (χ0n) is 10.6. The fourth-order valence-corrected chi connectivity index (χ4v) is 2.02. The number of hydrogen-bond acceptors (Lipinski definition) is 2. The molecule has 1 N–H and O–H groups in total. The van der Waals surface area contributed by atoms with E-state index in [1.807, 2.05) is 25.1 Å². The number of rotatable bonds is 6. The predicted molar refractivity (Wildman–Crippen MR) is 68.6 cm³/mol. The van der Waals surface area contributed by atoms with Gasteiger partial charge in [0.15, 0.2) is 0 Å². The number of hydrogen-bond donors (Lipinski definition) is 1. The van der Waals surface area contributed by atoms with Crippen LogP contribution < -0.4 is 0 Å². The number of benzene rings is 1. The fourth-order valence-electron chi connectivity index (χ4n) is 2.02. The maximum atomic E-state index is 10.4. The first kappa shape index (κ1) is 13.2. The predicted octanol–water partition coefficient (Wildman–Crippen LogP) is 2.32. The van der Waals surface area contributed by atoms with Gasteiger partial charge in [0.05, 0.1) is 5.60 Å². The first-order chi connectivity index (χ1) is 7.57. The first-order valence-corrected chi connectivity index (χ1v) is 6.06. The molecule has 0 aliphatic rings. The Balaban J connectivity index is 2.57. The molecule has 0 radical (unpaired) electrons. The van der Waals surface area contributed by atoms with Crippen molar-refractivity contribution in [1.29, 1.82) is 0 Å². The van der Waals surface area contributed by atoms with Crippen molar-refractivity contribution < 1.29 is 5.11 Å². The van der Waals surface area contributed by atoms with Crippen molar-refractivity contribution in [3.63, 3.8) is 0 Å². The Morgan fingerprint density at radius 2 is 1.69 bits per heavy atom. The summed E-state index contributed by atoms with van der Waals surface area (Å²) in [5, 5.41) is 10.4. The van der Waals surface area contributed by atoms with Crippen molar-refractivity contribution in [2.24, 2.45) is 0 Å². The van der Waals surface area contributed by atoms with E-state index in [1.54, 1.807) is 0 Å². The van der Waals surface area contributed by atoms with Gasteiger partial charge in [0, 0.05) is 13.0 Å². The van der Waals surface area contributed by atoms with Gasteiger partial charge in [0.1, 0.15) is 0 Å². The molecule has 0 heterocycles. The lowest BCUT2D eigenvalue weighted by Crippen LogP contribution is -2.42. The summed E-state index contributed by atoms with van der Waals surface area (Å²) in [5.74, 6) is 0. The standard InChI is InChI=1S/C14H23NO/c1-4-15(5-2)12-14(3,16)11-13-9-7-6-8-10-13/h6-10,16H,4-5,11-12H2,1-3H3. The van der Waals surface area contributed by atoms with Crippen molar-refractivity contribution in [1.82, 2.24) is 4.90 Å². The first-order valence-electron chi connectivity index (χ1n) is 6.06. The third kappa shape index (κ3) is 4.33. The van der Waals surface area contributed by atoms with E-state index in [1.165, 1.54) is 5.56 Å². The molecule has 0 aliphatic carbocycles. The summed E-state index contributed by atoms with van der Waals surface area (Å²) in [6.07, 6.45) is 0.713. The lowest BCUT2D eigenvalue weighted by atomic mass is 9.96. The van der Waals surface area contributed by atoms with E-state index in [4.69, 9.17) is 0 Å². The van der Waals surface area contributed by atoms with Gasteiger partial charge < -0.3 is 10.0 Å². The van der Waals surface area contributed by atoms with Gasteiger partial charge in [0.25, 0.3) is 0 Å². The molecule has 0 spiro atoms. The zero-order chi connectivity index (χ0) is 12.0. The second-order valence-corrected chi connectivity index (χ2v) is 4.62. The van der Waals surface area contributed by atoms with Crippen LogP contribution in [0.15, 0.2) is 30.3 Å². The van der Waals surface area contributed by atoms with Gasteiger partial charge in [-0.25, -0.2) is 0 Å². The van der Waals surface area contributed by atoms with Crippen LogP contribution in [0.4, 0.5) is 0 Å². The normalized spacial score (nSPS) is 15.1. The minimum absolute atomic E-state index is 0.645. The molecule has 0 aliphatic heterocycles. The highest BCUT2D eigenvalue weighted by Crippen LogP contribution is 2.14. The quantitative estimate of drug-likeness (QED) is 0.797. The third-order valence-electron chi connectivity index (χ3n) is 2.89. The average molecular weight is 221 g/mol. The lowest BCUT2D eigenvalue weighted by Gasteiger charge is -2.30. The monoisotopic (exact) mass is 221 g/mol. The molecule has 0 saturated carbocycles. The Morgan fingerprint density at radius 1 is 1.12 bits per heavy atom. The summed E-state index contributed by atoms with van der Waals surface area (Å²) in [6, 6.07) is 10.2. The van der Waals surface area contributed by atoms with Crippen LogP contribution in [0.5, 0.6) is 0 Å². The number of aliphatic hydroxyl groups is 1. The van der Waals surface area contributed by atoms with E-state index in [9.17, 15) is 5.11 Å². The van der Waals surface area contributed by atoms with Crippen molar-refractivity contribution in [2.45, 2.75) is 32.8 Å². The van der Waals surface area contributed by atoms with Crippen molar-refractivity contribution >= 4 is 0 Å². The third-order valence-corrected chi connectivity index (χ3v) is 2.89. The fraction of sp³-hybridized carbons (Fsp3) is 0.571. The Hall–Kier alpha value is -0.860. The minimum Gasteiger partial charge on any atom is -0.388 e. The van der Waals surface area contributed by atoms with Gasteiger partial charge in [-0.05, 0) is 25.6 Å². The Labute approximate surface area is 98.9 Å². The van der Waals surface area contributed by atoms with Crippen LogP contribution in [0.1, 0.15) is 26.3 Å². The second-order valence-electron chi connectivity index (χ2n) is 4.62. The minimum atomic E-state index is -0.645. The van der Waals surface area contributed by atoms with Gasteiger partial charge in [-0.15, -0.1) is 0 Å². The topological polar surface area (TPSA) is 23.5 Å². The molecule has 2 nitrogen and oxygen atoms in total. The van der Waals surface area contributed by atoms with Crippen LogP contribution in [-0.4, -0.2) is 35.2 Å². The van der Waals surface area contributed by atoms with Crippen molar-refractivity contribution in [2.75, 3.05) is 19.6 Å². The molecule has 90 valence electrons. The molecule has 1 aromatic carbocycles. The van der Waals surface area contributed by atoms with Gasteiger partial charge in [-0.3, -0.25) is 0 Å². The summed E-state index contributed by atoms with van der Waals surface area (Å²) in [6.45, 7) is 8.88. The Bertz CT molecular complexity index is 291. The largest absolute Gasteiger partial charge is 0.388 e. The Morgan fingerprint density at radius 3 is 2.19 bits per heavy atom. The lowest BCUT2D eigenvalue weighted by molar-refractivity contribution is 0.0229. The van der Waals surface area contributed by atoms with Gasteiger partial charge in [0.2, 0.25) is 0 Å². The molecular formula is C14H23NO. The molecule has 16 heavy (non-hydrogen) atoms. The smallest absolute Gasteiger partial charge is 0.0786 e. The van der Waals surface area contributed by atoms with Gasteiger partial charge in [-0.2, -0.15) is 0 Å². The second kappa shape index (κ2) is 6.02. The number of nitrogens with zero attached hydrogens (tertiary/aromatic N) is 1. The van der Waals surface area contributed by atoms with Crippen LogP contribution in [0, 0.1) is 0 Å². The van der Waals surface area contributed by atoms with Crippen LogP contribution >= 0.6 is 0 Å². The van der Waals surface area contributed by atoms with E-state index in [-0.39, 0.29) is 0 Å². The van der Waals surface area contributed by atoms with E-state index >= 15 is 0 Å². The molecule has 1 rings (SSSR count). The highest BCUT2D eigenvalue weighted by atomic mass is 16.3. The highest BCUT2D eigenvalue weighted by Gasteiger charge is 2.23. The zero-order valence-corrected chi connectivity index (χ0v) is 10.6. The van der Waals surface area contributed by atoms with Crippen LogP contribution in [0.2, 0.25) is 0 Å². The molecule has 1 aromatic rings. The molecule has 0 fully saturated rings. The SMILES string of the molecule is CCN(CC)CC(C)(O)Cc1ccccc1. The van der Waals surface area contributed by atoms with E-state index in [0.29, 0.717) is 6.42 Å². The Kier molecular flexibility index (Phi) is 4.97. The maximum Gasteiger partial charge on any atom is 0.0786 e. The summed E-state index contributed by atoms with van der Waals surface area (Å²) in [5.41, 5.74) is 0.549. The van der Waals surface area contributed by atoms with Crippen molar-refractivity contribution in [3.05, 3.63) is 35.9 Å². The molecule has 1 atom stereocenters. The highest BCUT2D eigenvalue weighted by molar-refractivity contribution is 5.16. The van der Waals surface area contributed by atoms with Crippen LogP contribution in [0.3, 0.4) is 0 Å². The van der Waals surface area contributed by atoms with Crippen LogP contribution in [-0.2, 0) is 6.42 Å². The summed E-state index contributed by atoms with van der Waals surface area (Å²) < 4.78 is 0. The van der Waals surface area contributed by atoms with Crippen molar-refractivity contribution in [3.8, 4) is 0 Å². The van der Waals surface area contributed by atoms with E-state index in [2.05, 4.69) is 30.9 Å². The number of likely N-dealkylation sites (N-methyl/N-ethyl adjacent to an activating group) is 1. The van der Waals surface area contributed by atoms with E-state index in [0.717, 1.165) is 19.6 Å². The molecular weight excluding hydrogens is 198 g/mol. The molecule has 2 heteroatoms.